The lowest BCUT2D eigenvalue weighted by Gasteiger charge is -2.14. The van der Waals surface area contributed by atoms with E-state index in [9.17, 15) is 4.39 Å². The molecule has 0 radical (unpaired) electrons. The molecule has 3 heteroatoms. The van der Waals surface area contributed by atoms with E-state index in [-0.39, 0.29) is 11.9 Å². The molecule has 2 nitrogen and oxygen atoms in total. The number of unbranched alkanes of at least 4 members (excludes halogenated alkanes) is 6. The summed E-state index contributed by atoms with van der Waals surface area (Å²) in [4.78, 5) is 0. The number of hydrogen-bond acceptors (Lipinski definition) is 2. The zero-order valence-electron chi connectivity index (χ0n) is 12.8. The molecule has 0 saturated carbocycles. The third-order valence-electron chi connectivity index (χ3n) is 3.47. The number of ether oxygens (including phenoxy) is 1. The molecule has 1 aromatic rings. The average Bonchev–Trinajstić information content (AvgIpc) is 2.41. The van der Waals surface area contributed by atoms with Crippen LogP contribution in [-0.2, 0) is 0 Å². The second-order valence-corrected chi connectivity index (χ2v) is 5.44. The Labute approximate surface area is 122 Å². The van der Waals surface area contributed by atoms with Crippen molar-refractivity contribution in [2.24, 2.45) is 5.73 Å². The van der Waals surface area contributed by atoms with Gasteiger partial charge in [0.1, 0.15) is 11.6 Å². The molecule has 0 aliphatic carbocycles. The zero-order chi connectivity index (χ0) is 14.8. The molecule has 0 bridgehead atoms. The minimum atomic E-state index is -0.274. The fourth-order valence-corrected chi connectivity index (χ4v) is 2.25. The molecule has 0 spiro atoms. The first-order chi connectivity index (χ1) is 9.65. The van der Waals surface area contributed by atoms with Crippen LogP contribution in [0.1, 0.15) is 70.4 Å². The van der Waals surface area contributed by atoms with E-state index < -0.39 is 0 Å². The summed E-state index contributed by atoms with van der Waals surface area (Å²) in [6.45, 7) is 4.74. The van der Waals surface area contributed by atoms with E-state index in [1.807, 2.05) is 6.92 Å². The van der Waals surface area contributed by atoms with Gasteiger partial charge in [0, 0.05) is 17.7 Å². The van der Waals surface area contributed by atoms with Crippen LogP contribution < -0.4 is 10.5 Å². The lowest BCUT2D eigenvalue weighted by Crippen LogP contribution is -2.09. The van der Waals surface area contributed by atoms with Crippen LogP contribution in [-0.4, -0.2) is 6.61 Å². The van der Waals surface area contributed by atoms with Crippen LogP contribution in [0.25, 0.3) is 0 Å². The van der Waals surface area contributed by atoms with E-state index in [1.54, 1.807) is 6.07 Å². The maximum Gasteiger partial charge on any atom is 0.126 e. The summed E-state index contributed by atoms with van der Waals surface area (Å²) in [6.07, 6.45) is 8.69. The Morgan fingerprint density at radius 1 is 1.10 bits per heavy atom. The Balaban J connectivity index is 2.26. The topological polar surface area (TPSA) is 35.2 Å². The first kappa shape index (κ1) is 17.0. The molecule has 1 aromatic carbocycles. The van der Waals surface area contributed by atoms with E-state index in [1.165, 1.54) is 50.7 Å². The molecule has 0 saturated heterocycles. The highest BCUT2D eigenvalue weighted by molar-refractivity contribution is 5.36. The van der Waals surface area contributed by atoms with E-state index >= 15 is 0 Å². The molecule has 0 aromatic heterocycles. The summed E-state index contributed by atoms with van der Waals surface area (Å²) in [7, 11) is 0. The van der Waals surface area contributed by atoms with Crippen molar-refractivity contribution >= 4 is 0 Å². The molecular formula is C17H28FNO. The standard InChI is InChI=1S/C17H28FNO/c1-3-4-5-6-7-8-9-12-20-17-13-15(18)10-11-16(17)14(2)19/h10-11,13-14H,3-9,12,19H2,1-2H3/t14-/m0/s1. The fraction of sp³-hybridized carbons (Fsp3) is 0.647. The van der Waals surface area contributed by atoms with Gasteiger partial charge >= 0.3 is 0 Å². The predicted molar refractivity (Wildman–Crippen MR) is 82.5 cm³/mol. The normalized spacial score (nSPS) is 12.4. The largest absolute Gasteiger partial charge is 0.493 e. The van der Waals surface area contributed by atoms with Crippen molar-refractivity contribution in [1.29, 1.82) is 0 Å². The van der Waals surface area contributed by atoms with Gasteiger partial charge in [-0.15, -0.1) is 0 Å². The molecule has 1 atom stereocenters. The van der Waals surface area contributed by atoms with Gasteiger partial charge in [0.25, 0.3) is 0 Å². The Hall–Kier alpha value is -1.09. The zero-order valence-corrected chi connectivity index (χ0v) is 12.8. The molecule has 0 amide bonds. The van der Waals surface area contributed by atoms with Gasteiger partial charge in [-0.05, 0) is 19.4 Å². The van der Waals surface area contributed by atoms with Crippen LogP contribution in [0.5, 0.6) is 5.75 Å². The van der Waals surface area contributed by atoms with Gasteiger partial charge in [-0.1, -0.05) is 51.5 Å². The lowest BCUT2D eigenvalue weighted by molar-refractivity contribution is 0.298. The third-order valence-corrected chi connectivity index (χ3v) is 3.47. The summed E-state index contributed by atoms with van der Waals surface area (Å²) < 4.78 is 18.9. The summed E-state index contributed by atoms with van der Waals surface area (Å²) in [5.41, 5.74) is 6.73. The summed E-state index contributed by atoms with van der Waals surface area (Å²) >= 11 is 0. The summed E-state index contributed by atoms with van der Waals surface area (Å²) in [5, 5.41) is 0. The maximum absolute atomic E-state index is 13.2. The Kier molecular flexibility index (Phi) is 8.28. The van der Waals surface area contributed by atoms with E-state index in [0.717, 1.165) is 12.0 Å². The first-order valence-corrected chi connectivity index (χ1v) is 7.83. The monoisotopic (exact) mass is 281 g/mol. The number of hydrogen-bond donors (Lipinski definition) is 1. The SMILES string of the molecule is CCCCCCCCCOc1cc(F)ccc1[C@H](C)N. The van der Waals surface area contributed by atoms with Crippen LogP contribution in [0.3, 0.4) is 0 Å². The Morgan fingerprint density at radius 2 is 1.75 bits per heavy atom. The smallest absolute Gasteiger partial charge is 0.126 e. The number of nitrogens with two attached hydrogens (primary N) is 1. The van der Waals surface area contributed by atoms with Crippen LogP contribution in [0.15, 0.2) is 18.2 Å². The van der Waals surface area contributed by atoms with Crippen molar-refractivity contribution in [2.45, 2.75) is 64.8 Å². The highest BCUT2D eigenvalue weighted by atomic mass is 19.1. The van der Waals surface area contributed by atoms with Gasteiger partial charge < -0.3 is 10.5 Å². The molecule has 0 fully saturated rings. The highest BCUT2D eigenvalue weighted by Crippen LogP contribution is 2.25. The molecule has 114 valence electrons. The van der Waals surface area contributed by atoms with E-state index in [0.29, 0.717) is 12.4 Å². The van der Waals surface area contributed by atoms with Gasteiger partial charge in [-0.25, -0.2) is 4.39 Å². The first-order valence-electron chi connectivity index (χ1n) is 7.83. The predicted octanol–water partition coefficient (Wildman–Crippen LogP) is 4.97. The molecule has 20 heavy (non-hydrogen) atoms. The molecule has 1 rings (SSSR count). The highest BCUT2D eigenvalue weighted by Gasteiger charge is 2.09. The molecule has 0 aliphatic heterocycles. The number of halogens is 1. The number of benzene rings is 1. The van der Waals surface area contributed by atoms with Crippen molar-refractivity contribution in [3.05, 3.63) is 29.6 Å². The van der Waals surface area contributed by atoms with Crippen LogP contribution in [0.2, 0.25) is 0 Å². The van der Waals surface area contributed by atoms with Crippen molar-refractivity contribution in [1.82, 2.24) is 0 Å². The quantitative estimate of drug-likeness (QED) is 0.614. The molecular weight excluding hydrogens is 253 g/mol. The van der Waals surface area contributed by atoms with Gasteiger partial charge in [-0.2, -0.15) is 0 Å². The average molecular weight is 281 g/mol. The maximum atomic E-state index is 13.2. The van der Waals surface area contributed by atoms with Crippen molar-refractivity contribution in [2.75, 3.05) is 6.61 Å². The van der Waals surface area contributed by atoms with Gasteiger partial charge in [-0.3, -0.25) is 0 Å². The minimum absolute atomic E-state index is 0.139. The second kappa shape index (κ2) is 9.76. The number of rotatable bonds is 10. The van der Waals surface area contributed by atoms with Crippen molar-refractivity contribution in [3.63, 3.8) is 0 Å². The van der Waals surface area contributed by atoms with Crippen LogP contribution in [0, 0.1) is 5.82 Å². The third kappa shape index (κ3) is 6.38. The van der Waals surface area contributed by atoms with Gasteiger partial charge in [0.05, 0.1) is 6.61 Å². The molecule has 0 heterocycles. The van der Waals surface area contributed by atoms with E-state index in [4.69, 9.17) is 10.5 Å². The minimum Gasteiger partial charge on any atom is -0.493 e. The second-order valence-electron chi connectivity index (χ2n) is 5.44. The van der Waals surface area contributed by atoms with E-state index in [2.05, 4.69) is 6.92 Å². The lowest BCUT2D eigenvalue weighted by atomic mass is 10.1. The summed E-state index contributed by atoms with van der Waals surface area (Å²) in [6, 6.07) is 4.43. The van der Waals surface area contributed by atoms with Gasteiger partial charge in [0.15, 0.2) is 0 Å². The summed E-state index contributed by atoms with van der Waals surface area (Å²) in [5.74, 6) is 0.315. The molecule has 0 unspecified atom stereocenters. The van der Waals surface area contributed by atoms with Crippen molar-refractivity contribution < 1.29 is 9.13 Å². The Morgan fingerprint density at radius 3 is 2.40 bits per heavy atom. The molecule has 2 N–H and O–H groups in total. The Bertz CT molecular complexity index is 379. The molecule has 0 aliphatic rings. The van der Waals surface area contributed by atoms with Gasteiger partial charge in [0.2, 0.25) is 0 Å². The van der Waals surface area contributed by atoms with Crippen molar-refractivity contribution in [3.8, 4) is 5.75 Å². The van der Waals surface area contributed by atoms with Crippen LogP contribution >= 0.6 is 0 Å². The van der Waals surface area contributed by atoms with Crippen LogP contribution in [0.4, 0.5) is 4.39 Å². The fourth-order valence-electron chi connectivity index (χ4n) is 2.25.